The molecule has 1 fully saturated rings. The van der Waals surface area contributed by atoms with Gasteiger partial charge in [-0.05, 0) is 50.3 Å². The van der Waals surface area contributed by atoms with Gasteiger partial charge in [0.2, 0.25) is 0 Å². The van der Waals surface area contributed by atoms with Gasteiger partial charge in [0.05, 0.1) is 12.7 Å². The van der Waals surface area contributed by atoms with Crippen LogP contribution in [0, 0.1) is 11.7 Å². The van der Waals surface area contributed by atoms with Crippen LogP contribution in [0.2, 0.25) is 0 Å². The zero-order valence-electron chi connectivity index (χ0n) is 15.5. The van der Waals surface area contributed by atoms with Gasteiger partial charge in [-0.1, -0.05) is 0 Å². The van der Waals surface area contributed by atoms with Crippen LogP contribution in [0.15, 0.2) is 18.2 Å². The summed E-state index contributed by atoms with van der Waals surface area (Å²) in [5.74, 6) is -0.238. The van der Waals surface area contributed by atoms with Crippen LogP contribution >= 0.6 is 0 Å². The van der Waals surface area contributed by atoms with Crippen molar-refractivity contribution in [3.8, 4) is 5.75 Å². The van der Waals surface area contributed by atoms with Crippen LogP contribution in [-0.2, 0) is 10.3 Å². The Morgan fingerprint density at radius 1 is 1.42 bits per heavy atom. The first-order chi connectivity index (χ1) is 12.4. The van der Waals surface area contributed by atoms with Crippen molar-refractivity contribution in [2.24, 2.45) is 11.7 Å². The summed E-state index contributed by atoms with van der Waals surface area (Å²) in [5, 5.41) is 11.7. The maximum atomic E-state index is 14.0. The summed E-state index contributed by atoms with van der Waals surface area (Å²) in [5.41, 5.74) is 4.55. The number of benzene rings is 1. The second-order valence-corrected chi connectivity index (χ2v) is 6.84. The molecule has 3 N–H and O–H groups in total. The number of halogens is 1. The molecule has 1 saturated heterocycles. The molecule has 26 heavy (non-hydrogen) atoms. The fourth-order valence-electron chi connectivity index (χ4n) is 3.79. The average Bonchev–Trinajstić information content (AvgIpc) is 2.65. The number of nitrogens with two attached hydrogens (primary N) is 1. The molecule has 0 radical (unpaired) electrons. The van der Waals surface area contributed by atoms with E-state index in [-0.39, 0.29) is 5.92 Å². The van der Waals surface area contributed by atoms with Gasteiger partial charge in [0.25, 0.3) is 0 Å². The van der Waals surface area contributed by atoms with Crippen LogP contribution in [0.1, 0.15) is 37.7 Å². The third-order valence-corrected chi connectivity index (χ3v) is 5.19. The Labute approximate surface area is 154 Å². The van der Waals surface area contributed by atoms with E-state index in [1.54, 1.807) is 12.0 Å². The zero-order valence-corrected chi connectivity index (χ0v) is 15.5. The molecule has 0 aliphatic carbocycles. The molecule has 0 saturated carbocycles. The number of primary amides is 1. The number of aliphatic hydroxyl groups is 1. The van der Waals surface area contributed by atoms with E-state index >= 15 is 0 Å². The highest BCUT2D eigenvalue weighted by molar-refractivity contribution is 5.72. The number of methoxy groups -OCH3 is 2. The van der Waals surface area contributed by atoms with Crippen LogP contribution in [0.3, 0.4) is 0 Å². The molecule has 2 atom stereocenters. The fourth-order valence-corrected chi connectivity index (χ4v) is 3.79. The molecule has 1 heterocycles. The molecule has 1 aliphatic heterocycles. The number of carbonyl (C=O) groups is 1. The van der Waals surface area contributed by atoms with Crippen molar-refractivity contribution in [1.82, 2.24) is 4.90 Å². The van der Waals surface area contributed by atoms with Gasteiger partial charge < -0.3 is 25.2 Å². The molecule has 0 unspecified atom stereocenters. The molecular formula is C19H29FN2O4. The Bertz CT molecular complexity index is 613. The number of amides is 2. The van der Waals surface area contributed by atoms with Crippen molar-refractivity contribution in [2.45, 2.75) is 37.7 Å². The highest BCUT2D eigenvalue weighted by Gasteiger charge is 2.42. The highest BCUT2D eigenvalue weighted by atomic mass is 19.1. The number of unbranched alkanes of at least 4 members (excludes halogenated alkanes) is 1. The zero-order chi connectivity index (χ0) is 19.2. The van der Waals surface area contributed by atoms with E-state index < -0.39 is 17.4 Å². The summed E-state index contributed by atoms with van der Waals surface area (Å²) in [6.45, 7) is 1.51. The molecule has 1 aliphatic rings. The predicted octanol–water partition coefficient (Wildman–Crippen LogP) is 2.63. The first-order valence-corrected chi connectivity index (χ1v) is 9.02. The smallest absolute Gasteiger partial charge is 0.314 e. The molecule has 6 nitrogen and oxygen atoms in total. The summed E-state index contributed by atoms with van der Waals surface area (Å²) < 4.78 is 24.4. The van der Waals surface area contributed by atoms with Crippen molar-refractivity contribution in [2.75, 3.05) is 33.9 Å². The SMILES string of the molecule is COCCCC[C@@](O)(c1cc(F)ccc1OC)[C@@H]1CCCN(C(N)=O)C1. The normalized spacial score (nSPS) is 19.8. The van der Waals surface area contributed by atoms with E-state index in [0.717, 1.165) is 19.3 Å². The fraction of sp³-hybridized carbons (Fsp3) is 0.632. The molecule has 0 bridgehead atoms. The Balaban J connectivity index is 2.35. The molecule has 2 amide bonds. The largest absolute Gasteiger partial charge is 0.496 e. The van der Waals surface area contributed by atoms with Gasteiger partial charge in [-0.15, -0.1) is 0 Å². The predicted molar refractivity (Wildman–Crippen MR) is 96.5 cm³/mol. The van der Waals surface area contributed by atoms with Crippen molar-refractivity contribution in [3.05, 3.63) is 29.6 Å². The van der Waals surface area contributed by atoms with Crippen LogP contribution in [0.25, 0.3) is 0 Å². The van der Waals surface area contributed by atoms with Gasteiger partial charge in [-0.3, -0.25) is 0 Å². The van der Waals surface area contributed by atoms with Crippen molar-refractivity contribution in [1.29, 1.82) is 0 Å². The maximum absolute atomic E-state index is 14.0. The molecule has 7 heteroatoms. The van der Waals surface area contributed by atoms with Gasteiger partial charge in [0, 0.05) is 38.3 Å². The summed E-state index contributed by atoms with van der Waals surface area (Å²) >= 11 is 0. The number of likely N-dealkylation sites (tertiary alicyclic amines) is 1. The first kappa shape index (κ1) is 20.5. The minimum absolute atomic E-state index is 0.248. The Kier molecular flexibility index (Phi) is 7.23. The molecule has 1 aromatic rings. The van der Waals surface area contributed by atoms with E-state index in [4.69, 9.17) is 15.2 Å². The van der Waals surface area contributed by atoms with E-state index in [1.807, 2.05) is 0 Å². The number of nitrogens with zero attached hydrogens (tertiary/aromatic N) is 1. The number of carbonyl (C=O) groups excluding carboxylic acids is 1. The number of hydrogen-bond donors (Lipinski definition) is 2. The van der Waals surface area contributed by atoms with Crippen LogP contribution in [0.5, 0.6) is 5.75 Å². The van der Waals surface area contributed by atoms with Gasteiger partial charge in [0.1, 0.15) is 11.6 Å². The topological polar surface area (TPSA) is 85.0 Å². The van der Waals surface area contributed by atoms with Gasteiger partial charge in [-0.25, -0.2) is 9.18 Å². The molecule has 0 spiro atoms. The standard InChI is InChI=1S/C19H29FN2O4/c1-25-11-4-3-9-19(24,14-6-5-10-22(13-14)18(21)23)16-12-15(20)7-8-17(16)26-2/h7-8,12,14,24H,3-6,9-11,13H2,1-2H3,(H2,21,23)/t14-,19+/m1/s1. The van der Waals surface area contributed by atoms with Crippen molar-refractivity contribution >= 4 is 6.03 Å². The van der Waals surface area contributed by atoms with Crippen LogP contribution < -0.4 is 10.5 Å². The molecule has 0 aromatic heterocycles. The van der Waals surface area contributed by atoms with Gasteiger partial charge in [0.15, 0.2) is 0 Å². The van der Waals surface area contributed by atoms with Crippen LogP contribution in [-0.4, -0.2) is 50.0 Å². The van der Waals surface area contributed by atoms with Crippen molar-refractivity contribution < 1.29 is 23.8 Å². The minimum Gasteiger partial charge on any atom is -0.496 e. The monoisotopic (exact) mass is 368 g/mol. The summed E-state index contributed by atoms with van der Waals surface area (Å²) in [6, 6.07) is 3.67. The summed E-state index contributed by atoms with van der Waals surface area (Å²) in [6.07, 6.45) is 3.38. The number of ether oxygens (including phenoxy) is 2. The second kappa shape index (κ2) is 9.19. The maximum Gasteiger partial charge on any atom is 0.314 e. The van der Waals surface area contributed by atoms with Gasteiger partial charge >= 0.3 is 6.03 Å². The van der Waals surface area contributed by atoms with E-state index in [0.29, 0.717) is 43.9 Å². The van der Waals surface area contributed by atoms with Crippen LogP contribution in [0.4, 0.5) is 9.18 Å². The third-order valence-electron chi connectivity index (χ3n) is 5.19. The summed E-state index contributed by atoms with van der Waals surface area (Å²) in [7, 11) is 3.13. The number of piperidine rings is 1. The van der Waals surface area contributed by atoms with E-state index in [1.165, 1.54) is 25.3 Å². The number of rotatable bonds is 8. The van der Waals surface area contributed by atoms with E-state index in [9.17, 15) is 14.3 Å². The lowest BCUT2D eigenvalue weighted by Crippen LogP contribution is -2.49. The molecular weight excluding hydrogens is 339 g/mol. The minimum atomic E-state index is -1.31. The lowest BCUT2D eigenvalue weighted by atomic mass is 9.73. The third kappa shape index (κ3) is 4.65. The summed E-state index contributed by atoms with van der Waals surface area (Å²) in [4.78, 5) is 13.1. The molecule has 146 valence electrons. The van der Waals surface area contributed by atoms with Gasteiger partial charge in [-0.2, -0.15) is 0 Å². The van der Waals surface area contributed by atoms with Crippen molar-refractivity contribution in [3.63, 3.8) is 0 Å². The Morgan fingerprint density at radius 2 is 2.19 bits per heavy atom. The molecule has 1 aromatic carbocycles. The highest BCUT2D eigenvalue weighted by Crippen LogP contribution is 2.43. The number of hydrogen-bond acceptors (Lipinski definition) is 4. The Hall–Kier alpha value is -1.86. The number of urea groups is 1. The quantitative estimate of drug-likeness (QED) is 0.691. The average molecular weight is 368 g/mol. The molecule has 2 rings (SSSR count). The first-order valence-electron chi connectivity index (χ1n) is 9.02. The van der Waals surface area contributed by atoms with E-state index in [2.05, 4.69) is 0 Å². The second-order valence-electron chi connectivity index (χ2n) is 6.84. The Morgan fingerprint density at radius 3 is 2.85 bits per heavy atom. The lowest BCUT2D eigenvalue weighted by Gasteiger charge is -2.42. The lowest BCUT2D eigenvalue weighted by molar-refractivity contribution is -0.0574.